The second kappa shape index (κ2) is 7.99. The normalized spacial score (nSPS) is 15.0. The van der Waals surface area contributed by atoms with E-state index >= 15 is 0 Å². The molecule has 1 aromatic heterocycles. The molecule has 0 fully saturated rings. The van der Waals surface area contributed by atoms with Gasteiger partial charge in [0.15, 0.2) is 0 Å². The molecule has 1 aliphatic heterocycles. The maximum absolute atomic E-state index is 13.4. The van der Waals surface area contributed by atoms with Gasteiger partial charge < -0.3 is 5.32 Å². The Morgan fingerprint density at radius 1 is 1.31 bits per heavy atom. The number of halogens is 1. The first-order chi connectivity index (χ1) is 12.4. The van der Waals surface area contributed by atoms with Crippen LogP contribution in [0.15, 0.2) is 24.3 Å². The van der Waals surface area contributed by atoms with E-state index in [4.69, 9.17) is 0 Å². The second-order valence-corrected chi connectivity index (χ2v) is 7.47. The van der Waals surface area contributed by atoms with Crippen LogP contribution in [0.5, 0.6) is 0 Å². The quantitative estimate of drug-likeness (QED) is 0.893. The molecule has 3 rings (SSSR count). The fraction of sp³-hybridized carbons (Fsp3) is 0.500. The van der Waals surface area contributed by atoms with Gasteiger partial charge in [0.2, 0.25) is 0 Å². The number of hydrogen-bond donors (Lipinski definition) is 1. The van der Waals surface area contributed by atoms with Crippen molar-refractivity contribution in [3.63, 3.8) is 0 Å². The Balaban J connectivity index is 1.65. The summed E-state index contributed by atoms with van der Waals surface area (Å²) in [6.07, 6.45) is 1.08. The molecule has 0 aliphatic carbocycles. The number of aryl methyl sites for hydroxylation is 2. The highest BCUT2D eigenvalue weighted by Gasteiger charge is 2.18. The van der Waals surface area contributed by atoms with Crippen molar-refractivity contribution < 1.29 is 9.18 Å². The van der Waals surface area contributed by atoms with Crippen LogP contribution in [-0.4, -0.2) is 33.7 Å². The molecule has 0 unspecified atom stereocenters. The first kappa shape index (κ1) is 18.6. The molecule has 0 bridgehead atoms. The van der Waals surface area contributed by atoms with E-state index in [1.165, 1.54) is 17.8 Å². The highest BCUT2D eigenvalue weighted by atomic mass is 19.1. The molecule has 0 saturated carbocycles. The SMILES string of the molecule is Cc1ccc(F)cc1C(=O)NCc1cc2n(n1)CCCN(CC(C)C)C2. The monoisotopic (exact) mass is 358 g/mol. The molecular weight excluding hydrogens is 331 g/mol. The van der Waals surface area contributed by atoms with E-state index in [0.29, 0.717) is 18.0 Å². The zero-order chi connectivity index (χ0) is 18.7. The predicted octanol–water partition coefficient (Wildman–Crippen LogP) is 3.12. The fourth-order valence-corrected chi connectivity index (χ4v) is 3.45. The van der Waals surface area contributed by atoms with E-state index in [-0.39, 0.29) is 5.91 Å². The summed E-state index contributed by atoms with van der Waals surface area (Å²) in [5.74, 6) is -0.0379. The molecule has 0 radical (unpaired) electrons. The third-order valence-electron chi connectivity index (χ3n) is 4.64. The molecule has 140 valence electrons. The maximum Gasteiger partial charge on any atom is 0.251 e. The minimum absolute atomic E-state index is 0.272. The van der Waals surface area contributed by atoms with Gasteiger partial charge in [0.25, 0.3) is 5.91 Å². The number of carbonyl (C=O) groups excluding carboxylic acids is 1. The van der Waals surface area contributed by atoms with Crippen molar-refractivity contribution in [2.24, 2.45) is 5.92 Å². The summed E-state index contributed by atoms with van der Waals surface area (Å²) in [7, 11) is 0. The lowest BCUT2D eigenvalue weighted by molar-refractivity contribution is 0.0949. The van der Waals surface area contributed by atoms with Gasteiger partial charge in [-0.25, -0.2) is 4.39 Å². The highest BCUT2D eigenvalue weighted by Crippen LogP contribution is 2.16. The predicted molar refractivity (Wildman–Crippen MR) is 99.3 cm³/mol. The van der Waals surface area contributed by atoms with Crippen LogP contribution in [0.4, 0.5) is 4.39 Å². The summed E-state index contributed by atoms with van der Waals surface area (Å²) >= 11 is 0. The lowest BCUT2D eigenvalue weighted by Crippen LogP contribution is -2.27. The zero-order valence-electron chi connectivity index (χ0n) is 15.8. The van der Waals surface area contributed by atoms with Gasteiger partial charge in [-0.1, -0.05) is 19.9 Å². The number of nitrogens with one attached hydrogen (secondary N) is 1. The van der Waals surface area contributed by atoms with Crippen LogP contribution in [0, 0.1) is 18.7 Å². The Labute approximate surface area is 154 Å². The van der Waals surface area contributed by atoms with Crippen LogP contribution in [0.1, 0.15) is 47.6 Å². The summed E-state index contributed by atoms with van der Waals surface area (Å²) in [5, 5.41) is 7.49. The standard InChI is InChI=1S/C20H27FN4O/c1-14(2)12-24-7-4-8-25-18(13-24)10-17(23-25)11-22-20(26)19-9-16(21)6-5-15(19)3/h5-6,9-10,14H,4,7-8,11-13H2,1-3H3,(H,22,26). The zero-order valence-corrected chi connectivity index (χ0v) is 15.8. The van der Waals surface area contributed by atoms with E-state index < -0.39 is 5.82 Å². The van der Waals surface area contributed by atoms with Gasteiger partial charge in [-0.05, 0) is 43.0 Å². The van der Waals surface area contributed by atoms with Gasteiger partial charge >= 0.3 is 0 Å². The minimum Gasteiger partial charge on any atom is -0.346 e. The van der Waals surface area contributed by atoms with Crippen molar-refractivity contribution in [1.82, 2.24) is 20.0 Å². The van der Waals surface area contributed by atoms with E-state index in [0.717, 1.165) is 43.9 Å². The summed E-state index contributed by atoms with van der Waals surface area (Å²) < 4.78 is 15.4. The highest BCUT2D eigenvalue weighted by molar-refractivity contribution is 5.95. The number of rotatable bonds is 5. The fourth-order valence-electron chi connectivity index (χ4n) is 3.45. The van der Waals surface area contributed by atoms with Crippen LogP contribution in [0.25, 0.3) is 0 Å². The van der Waals surface area contributed by atoms with E-state index in [1.54, 1.807) is 13.0 Å². The molecule has 6 heteroatoms. The van der Waals surface area contributed by atoms with E-state index in [2.05, 4.69) is 39.9 Å². The molecule has 1 aliphatic rings. The third kappa shape index (κ3) is 4.49. The molecule has 1 aromatic carbocycles. The molecule has 26 heavy (non-hydrogen) atoms. The lowest BCUT2D eigenvalue weighted by atomic mass is 10.1. The number of carbonyl (C=O) groups is 1. The molecule has 2 aromatic rings. The van der Waals surface area contributed by atoms with Gasteiger partial charge in [-0.3, -0.25) is 14.4 Å². The molecule has 2 heterocycles. The molecule has 0 saturated heterocycles. The minimum atomic E-state index is -0.403. The van der Waals surface area contributed by atoms with Crippen LogP contribution in [0.2, 0.25) is 0 Å². The average Bonchev–Trinajstić information content (AvgIpc) is 2.86. The lowest BCUT2D eigenvalue weighted by Gasteiger charge is -2.21. The van der Waals surface area contributed by atoms with Crippen molar-refractivity contribution in [3.05, 3.63) is 52.6 Å². The maximum atomic E-state index is 13.4. The molecular formula is C20H27FN4O. The number of hydrogen-bond acceptors (Lipinski definition) is 3. The van der Waals surface area contributed by atoms with Crippen LogP contribution in [-0.2, 0) is 19.6 Å². The number of benzene rings is 1. The van der Waals surface area contributed by atoms with E-state index in [9.17, 15) is 9.18 Å². The second-order valence-electron chi connectivity index (χ2n) is 7.47. The average molecular weight is 358 g/mol. The summed E-state index contributed by atoms with van der Waals surface area (Å²) in [4.78, 5) is 14.8. The Morgan fingerprint density at radius 2 is 2.12 bits per heavy atom. The van der Waals surface area contributed by atoms with Gasteiger partial charge in [0.1, 0.15) is 5.82 Å². The smallest absolute Gasteiger partial charge is 0.251 e. The van der Waals surface area contributed by atoms with Crippen molar-refractivity contribution in [2.45, 2.75) is 46.8 Å². The molecule has 0 spiro atoms. The first-order valence-corrected chi connectivity index (χ1v) is 9.24. The first-order valence-electron chi connectivity index (χ1n) is 9.24. The van der Waals surface area contributed by atoms with Crippen LogP contribution < -0.4 is 5.32 Å². The number of aromatic nitrogens is 2. The Bertz CT molecular complexity index is 784. The van der Waals surface area contributed by atoms with Crippen molar-refractivity contribution in [1.29, 1.82) is 0 Å². The van der Waals surface area contributed by atoms with Crippen molar-refractivity contribution >= 4 is 5.91 Å². The molecule has 0 atom stereocenters. The summed E-state index contributed by atoms with van der Waals surface area (Å²) in [5.41, 5.74) is 3.16. The third-order valence-corrected chi connectivity index (χ3v) is 4.64. The summed E-state index contributed by atoms with van der Waals surface area (Å²) in [6.45, 7) is 10.6. The number of fused-ring (bicyclic) bond motifs is 1. The van der Waals surface area contributed by atoms with Crippen LogP contribution in [0.3, 0.4) is 0 Å². The summed E-state index contributed by atoms with van der Waals surface area (Å²) in [6, 6.07) is 6.32. The Kier molecular flexibility index (Phi) is 5.71. The van der Waals surface area contributed by atoms with E-state index in [1.807, 2.05) is 0 Å². The molecule has 5 nitrogen and oxygen atoms in total. The largest absolute Gasteiger partial charge is 0.346 e. The molecule has 1 amide bonds. The Hall–Kier alpha value is -2.21. The van der Waals surface area contributed by atoms with Gasteiger partial charge in [0.05, 0.1) is 17.9 Å². The van der Waals surface area contributed by atoms with Crippen molar-refractivity contribution in [3.8, 4) is 0 Å². The topological polar surface area (TPSA) is 50.2 Å². The van der Waals surface area contributed by atoms with Gasteiger partial charge in [-0.2, -0.15) is 5.10 Å². The number of nitrogens with zero attached hydrogens (tertiary/aromatic N) is 3. The molecule has 1 N–H and O–H groups in total. The van der Waals surface area contributed by atoms with Crippen LogP contribution >= 0.6 is 0 Å². The van der Waals surface area contributed by atoms with Gasteiger partial charge in [0, 0.05) is 31.7 Å². The van der Waals surface area contributed by atoms with Crippen molar-refractivity contribution in [2.75, 3.05) is 13.1 Å². The Morgan fingerprint density at radius 3 is 2.88 bits per heavy atom. The number of amides is 1. The van der Waals surface area contributed by atoms with Gasteiger partial charge in [-0.15, -0.1) is 0 Å².